The number of methoxy groups -OCH3 is 1. The summed E-state index contributed by atoms with van der Waals surface area (Å²) in [4.78, 5) is -0.811. The summed E-state index contributed by atoms with van der Waals surface area (Å²) < 4.78 is 42.8. The molecule has 0 aliphatic carbocycles. The third kappa shape index (κ3) is 4.17. The Kier molecular flexibility index (Phi) is 4.89. The van der Waals surface area contributed by atoms with Crippen LogP contribution in [0.5, 0.6) is 5.75 Å². The van der Waals surface area contributed by atoms with Gasteiger partial charge in [-0.05, 0) is 24.6 Å². The zero-order valence-electron chi connectivity index (χ0n) is 9.24. The standard InChI is InChI=1S/C11H11Br2F3O/c1-6-3-10(17-2)7(4-8(6)12)9(13)5-11(14,15)16/h3-4,9H,5H2,1-2H3. The molecule has 0 bridgehead atoms. The van der Waals surface area contributed by atoms with Crippen molar-refractivity contribution < 1.29 is 17.9 Å². The number of ether oxygens (including phenoxy) is 1. The van der Waals surface area contributed by atoms with Crippen molar-refractivity contribution in [3.05, 3.63) is 27.7 Å². The Morgan fingerprint density at radius 2 is 1.94 bits per heavy atom. The Morgan fingerprint density at radius 3 is 2.41 bits per heavy atom. The first-order chi connectivity index (χ1) is 7.74. The van der Waals surface area contributed by atoms with Gasteiger partial charge < -0.3 is 4.74 Å². The fraction of sp³-hybridized carbons (Fsp3) is 0.455. The van der Waals surface area contributed by atoms with Crippen molar-refractivity contribution in [1.82, 2.24) is 0 Å². The van der Waals surface area contributed by atoms with Gasteiger partial charge >= 0.3 is 6.18 Å². The predicted octanol–water partition coefficient (Wildman–Crippen LogP) is 5.15. The third-order valence-corrected chi connectivity index (χ3v) is 3.93. The van der Waals surface area contributed by atoms with Crippen LogP contribution in [0.4, 0.5) is 13.2 Å². The van der Waals surface area contributed by atoms with Crippen LogP contribution < -0.4 is 4.74 Å². The Balaban J connectivity index is 3.08. The van der Waals surface area contributed by atoms with Gasteiger partial charge in [-0.3, -0.25) is 0 Å². The van der Waals surface area contributed by atoms with Crippen molar-refractivity contribution >= 4 is 31.9 Å². The highest BCUT2D eigenvalue weighted by Crippen LogP contribution is 2.41. The van der Waals surface area contributed by atoms with Crippen LogP contribution in [0.25, 0.3) is 0 Å². The first-order valence-electron chi connectivity index (χ1n) is 4.79. The molecule has 0 spiro atoms. The van der Waals surface area contributed by atoms with Crippen LogP contribution in [0.2, 0.25) is 0 Å². The van der Waals surface area contributed by atoms with E-state index in [0.717, 1.165) is 10.0 Å². The molecule has 0 aliphatic heterocycles. The van der Waals surface area contributed by atoms with Gasteiger partial charge in [0.15, 0.2) is 0 Å². The molecule has 17 heavy (non-hydrogen) atoms. The second-order valence-corrected chi connectivity index (χ2v) is 5.59. The highest BCUT2D eigenvalue weighted by atomic mass is 79.9. The molecular weight excluding hydrogens is 365 g/mol. The van der Waals surface area contributed by atoms with Crippen LogP contribution in [0.15, 0.2) is 16.6 Å². The quantitative estimate of drug-likeness (QED) is 0.663. The van der Waals surface area contributed by atoms with Gasteiger partial charge in [0.25, 0.3) is 0 Å². The molecule has 6 heteroatoms. The number of alkyl halides is 4. The number of hydrogen-bond acceptors (Lipinski definition) is 1. The Morgan fingerprint density at radius 1 is 1.35 bits per heavy atom. The number of aryl methyl sites for hydroxylation is 1. The maximum atomic E-state index is 12.3. The van der Waals surface area contributed by atoms with Gasteiger partial charge in [0.05, 0.1) is 18.4 Å². The molecule has 0 aliphatic rings. The van der Waals surface area contributed by atoms with Crippen LogP contribution in [0, 0.1) is 6.92 Å². The van der Waals surface area contributed by atoms with E-state index in [2.05, 4.69) is 31.9 Å². The number of rotatable bonds is 3. The minimum atomic E-state index is -4.21. The van der Waals surface area contributed by atoms with Gasteiger partial charge in [-0.1, -0.05) is 31.9 Å². The molecule has 0 heterocycles. The largest absolute Gasteiger partial charge is 0.496 e. The van der Waals surface area contributed by atoms with Gasteiger partial charge in [-0.2, -0.15) is 13.2 Å². The molecule has 96 valence electrons. The summed E-state index contributed by atoms with van der Waals surface area (Å²) >= 11 is 6.35. The summed E-state index contributed by atoms with van der Waals surface area (Å²) in [6.45, 7) is 1.85. The highest BCUT2D eigenvalue weighted by Gasteiger charge is 2.32. The molecule has 0 radical (unpaired) electrons. The van der Waals surface area contributed by atoms with Gasteiger partial charge in [-0.15, -0.1) is 0 Å². The number of halogens is 5. The molecule has 0 saturated heterocycles. The summed E-state index contributed by atoms with van der Waals surface area (Å²) in [6, 6.07) is 3.36. The van der Waals surface area contributed by atoms with Crippen molar-refractivity contribution in [3.63, 3.8) is 0 Å². The smallest absolute Gasteiger partial charge is 0.390 e. The molecule has 1 nitrogen and oxygen atoms in total. The molecule has 1 rings (SSSR count). The lowest BCUT2D eigenvalue weighted by Gasteiger charge is -2.17. The highest BCUT2D eigenvalue weighted by molar-refractivity contribution is 9.10. The molecule has 0 N–H and O–H groups in total. The molecule has 0 saturated carbocycles. The molecule has 1 aromatic rings. The predicted molar refractivity (Wildman–Crippen MR) is 67.8 cm³/mol. The number of hydrogen-bond donors (Lipinski definition) is 0. The van der Waals surface area contributed by atoms with Crippen molar-refractivity contribution in [2.75, 3.05) is 7.11 Å². The van der Waals surface area contributed by atoms with E-state index in [9.17, 15) is 13.2 Å². The molecular formula is C11H11Br2F3O. The lowest BCUT2D eigenvalue weighted by Crippen LogP contribution is -2.11. The minimum absolute atomic E-state index is 0.455. The minimum Gasteiger partial charge on any atom is -0.496 e. The molecule has 1 unspecified atom stereocenters. The summed E-state index contributed by atoms with van der Waals surface area (Å²) in [5.41, 5.74) is 1.40. The van der Waals surface area contributed by atoms with Crippen molar-refractivity contribution in [2.45, 2.75) is 24.3 Å². The first-order valence-corrected chi connectivity index (χ1v) is 6.50. The Labute approximate surface area is 115 Å². The van der Waals surface area contributed by atoms with E-state index in [4.69, 9.17) is 4.74 Å². The molecule has 1 aromatic carbocycles. The van der Waals surface area contributed by atoms with E-state index < -0.39 is 17.4 Å². The summed E-state index contributed by atoms with van der Waals surface area (Å²) in [5.74, 6) is 0.455. The van der Waals surface area contributed by atoms with Gasteiger partial charge in [-0.25, -0.2) is 0 Å². The van der Waals surface area contributed by atoms with Gasteiger partial charge in [0.2, 0.25) is 0 Å². The molecule has 0 fully saturated rings. The topological polar surface area (TPSA) is 9.23 Å². The van der Waals surface area contributed by atoms with E-state index in [1.54, 1.807) is 12.1 Å². The molecule has 1 atom stereocenters. The van der Waals surface area contributed by atoms with E-state index in [-0.39, 0.29) is 0 Å². The zero-order valence-corrected chi connectivity index (χ0v) is 12.4. The van der Waals surface area contributed by atoms with Crippen LogP contribution >= 0.6 is 31.9 Å². The normalized spacial score (nSPS) is 13.6. The van der Waals surface area contributed by atoms with Crippen LogP contribution in [0.1, 0.15) is 22.4 Å². The first kappa shape index (κ1) is 14.8. The fourth-order valence-corrected chi connectivity index (χ4v) is 2.49. The summed E-state index contributed by atoms with van der Waals surface area (Å²) in [7, 11) is 1.44. The van der Waals surface area contributed by atoms with E-state index in [1.807, 2.05) is 6.92 Å². The van der Waals surface area contributed by atoms with E-state index in [1.165, 1.54) is 7.11 Å². The SMILES string of the molecule is COc1cc(C)c(Br)cc1C(Br)CC(F)(F)F. The summed E-state index contributed by atoms with van der Waals surface area (Å²) in [6.07, 6.45) is -5.14. The third-order valence-electron chi connectivity index (χ3n) is 2.26. The second kappa shape index (κ2) is 5.61. The molecule has 0 amide bonds. The second-order valence-electron chi connectivity index (χ2n) is 3.63. The lowest BCUT2D eigenvalue weighted by molar-refractivity contribution is -0.134. The maximum Gasteiger partial charge on any atom is 0.390 e. The molecule has 0 aromatic heterocycles. The average molecular weight is 376 g/mol. The van der Waals surface area contributed by atoms with Crippen molar-refractivity contribution in [1.29, 1.82) is 0 Å². The van der Waals surface area contributed by atoms with Crippen LogP contribution in [-0.2, 0) is 0 Å². The van der Waals surface area contributed by atoms with E-state index in [0.29, 0.717) is 11.3 Å². The Hall–Kier alpha value is -0.230. The van der Waals surface area contributed by atoms with Crippen molar-refractivity contribution in [3.8, 4) is 5.75 Å². The van der Waals surface area contributed by atoms with E-state index >= 15 is 0 Å². The number of benzene rings is 1. The monoisotopic (exact) mass is 374 g/mol. The maximum absolute atomic E-state index is 12.3. The lowest BCUT2D eigenvalue weighted by atomic mass is 10.1. The fourth-order valence-electron chi connectivity index (χ4n) is 1.41. The van der Waals surface area contributed by atoms with Gasteiger partial charge in [0, 0.05) is 10.0 Å². The van der Waals surface area contributed by atoms with Crippen molar-refractivity contribution in [2.24, 2.45) is 0 Å². The van der Waals surface area contributed by atoms with Crippen LogP contribution in [-0.4, -0.2) is 13.3 Å². The van der Waals surface area contributed by atoms with Gasteiger partial charge in [0.1, 0.15) is 5.75 Å². The summed E-state index contributed by atoms with van der Waals surface area (Å²) in [5, 5.41) is 0. The zero-order chi connectivity index (χ0) is 13.2. The average Bonchev–Trinajstić information content (AvgIpc) is 2.18. The Bertz CT molecular complexity index is 404. The van der Waals surface area contributed by atoms with Crippen LogP contribution in [0.3, 0.4) is 0 Å².